The molecule has 0 aliphatic carbocycles. The van der Waals surface area contributed by atoms with E-state index in [1.54, 1.807) is 19.5 Å². The van der Waals surface area contributed by atoms with Crippen molar-refractivity contribution >= 4 is 5.91 Å². The Morgan fingerprint density at radius 2 is 1.79 bits per heavy atom. The summed E-state index contributed by atoms with van der Waals surface area (Å²) in [7, 11) is 1.64. The van der Waals surface area contributed by atoms with E-state index in [2.05, 4.69) is 10.3 Å². The van der Waals surface area contributed by atoms with Gasteiger partial charge in [0, 0.05) is 45.0 Å². The molecule has 0 radical (unpaired) electrons. The van der Waals surface area contributed by atoms with E-state index < -0.39 is 0 Å². The van der Waals surface area contributed by atoms with Gasteiger partial charge in [0.25, 0.3) is 0 Å². The number of nitrogens with one attached hydrogen (secondary N) is 1. The molecule has 3 rings (SSSR count). The topological polar surface area (TPSA) is 63.7 Å². The summed E-state index contributed by atoms with van der Waals surface area (Å²) < 4.78 is 11.4. The summed E-state index contributed by atoms with van der Waals surface area (Å²) in [6, 6.07) is 9.79. The maximum atomic E-state index is 12.3. The molecule has 2 heterocycles. The number of nitrogens with zero attached hydrogens (tertiary/aromatic N) is 2. The van der Waals surface area contributed by atoms with Gasteiger partial charge >= 0.3 is 0 Å². The molecule has 0 bridgehead atoms. The van der Waals surface area contributed by atoms with Crippen LogP contribution in [0.25, 0.3) is 0 Å². The Labute approximate surface area is 173 Å². The number of aromatic nitrogens is 1. The molecule has 29 heavy (non-hydrogen) atoms. The van der Waals surface area contributed by atoms with Crippen molar-refractivity contribution in [3.8, 4) is 11.5 Å². The van der Waals surface area contributed by atoms with Gasteiger partial charge in [-0.1, -0.05) is 18.9 Å². The number of carbonyl (C=O) groups is 1. The second kappa shape index (κ2) is 11.4. The summed E-state index contributed by atoms with van der Waals surface area (Å²) in [5, 5.41) is 3.37. The van der Waals surface area contributed by atoms with E-state index in [1.165, 1.54) is 12.8 Å². The molecule has 1 aliphatic heterocycles. The summed E-state index contributed by atoms with van der Waals surface area (Å²) >= 11 is 0. The lowest BCUT2D eigenvalue weighted by Crippen LogP contribution is -2.33. The third-order valence-corrected chi connectivity index (χ3v) is 5.18. The number of hydrogen-bond donors (Lipinski definition) is 1. The van der Waals surface area contributed by atoms with Crippen LogP contribution >= 0.6 is 0 Å². The molecule has 0 unspecified atom stereocenters. The van der Waals surface area contributed by atoms with Gasteiger partial charge in [0.15, 0.2) is 11.5 Å². The molecular formula is C23H31N3O3. The Bertz CT molecular complexity index is 759. The molecule has 6 heteroatoms. The van der Waals surface area contributed by atoms with Crippen LogP contribution in [0.1, 0.15) is 43.2 Å². The van der Waals surface area contributed by atoms with Crippen LogP contribution in [0.3, 0.4) is 0 Å². The van der Waals surface area contributed by atoms with Gasteiger partial charge < -0.3 is 19.7 Å². The molecule has 6 nitrogen and oxygen atoms in total. The number of benzene rings is 1. The maximum Gasteiger partial charge on any atom is 0.223 e. The SMILES string of the molecule is COc1cc(CNCCC(=O)N2CCCCCC2)ccc1OCc1ccncc1. The van der Waals surface area contributed by atoms with Crippen LogP contribution in [0.2, 0.25) is 0 Å². The third-order valence-electron chi connectivity index (χ3n) is 5.18. The Morgan fingerprint density at radius 3 is 2.52 bits per heavy atom. The summed E-state index contributed by atoms with van der Waals surface area (Å²) in [5.74, 6) is 1.68. The summed E-state index contributed by atoms with van der Waals surface area (Å²) in [6.07, 6.45) is 8.80. The van der Waals surface area contributed by atoms with E-state index in [0.717, 1.165) is 37.1 Å². The summed E-state index contributed by atoms with van der Waals surface area (Å²) in [5.41, 5.74) is 2.15. The van der Waals surface area contributed by atoms with Crippen LogP contribution in [-0.2, 0) is 17.9 Å². The van der Waals surface area contributed by atoms with Crippen molar-refractivity contribution in [1.29, 1.82) is 0 Å². The third kappa shape index (κ3) is 6.75. The molecule has 0 spiro atoms. The van der Waals surface area contributed by atoms with E-state index in [-0.39, 0.29) is 5.91 Å². The maximum absolute atomic E-state index is 12.3. The number of amides is 1. The van der Waals surface area contributed by atoms with E-state index in [4.69, 9.17) is 9.47 Å². The molecule has 1 aromatic carbocycles. The first-order chi connectivity index (χ1) is 14.3. The van der Waals surface area contributed by atoms with Gasteiger partial charge in [-0.3, -0.25) is 9.78 Å². The lowest BCUT2D eigenvalue weighted by molar-refractivity contribution is -0.131. The van der Waals surface area contributed by atoms with Crippen molar-refractivity contribution in [2.45, 2.75) is 45.3 Å². The standard InChI is InChI=1S/C23H31N3O3/c1-28-22-16-20(6-7-21(22)29-18-19-8-11-24-12-9-19)17-25-13-10-23(27)26-14-4-2-3-5-15-26/h6-9,11-12,16,25H,2-5,10,13-15,17-18H2,1H3. The van der Waals surface area contributed by atoms with Crippen molar-refractivity contribution in [3.63, 3.8) is 0 Å². The highest BCUT2D eigenvalue weighted by atomic mass is 16.5. The van der Waals surface area contributed by atoms with Crippen LogP contribution in [-0.4, -0.2) is 42.5 Å². The number of methoxy groups -OCH3 is 1. The van der Waals surface area contributed by atoms with Gasteiger partial charge in [-0.2, -0.15) is 0 Å². The Kier molecular flexibility index (Phi) is 8.31. The van der Waals surface area contributed by atoms with Crippen LogP contribution < -0.4 is 14.8 Å². The Hall–Kier alpha value is -2.60. The largest absolute Gasteiger partial charge is 0.493 e. The monoisotopic (exact) mass is 397 g/mol. The number of carbonyl (C=O) groups excluding carboxylic acids is 1. The van der Waals surface area contributed by atoms with Crippen LogP contribution in [0.15, 0.2) is 42.7 Å². The molecule has 0 saturated carbocycles. The molecule has 1 saturated heterocycles. The van der Waals surface area contributed by atoms with Crippen molar-refractivity contribution < 1.29 is 14.3 Å². The highest BCUT2D eigenvalue weighted by Crippen LogP contribution is 2.28. The van der Waals surface area contributed by atoms with E-state index >= 15 is 0 Å². The van der Waals surface area contributed by atoms with Gasteiger partial charge in [0.2, 0.25) is 5.91 Å². The summed E-state index contributed by atoms with van der Waals surface area (Å²) in [4.78, 5) is 18.4. The molecule has 1 aliphatic rings. The fourth-order valence-corrected chi connectivity index (χ4v) is 3.49. The molecule has 0 atom stereocenters. The number of ether oxygens (including phenoxy) is 2. The van der Waals surface area contributed by atoms with Gasteiger partial charge in [0.05, 0.1) is 7.11 Å². The molecule has 156 valence electrons. The Morgan fingerprint density at radius 1 is 1.03 bits per heavy atom. The van der Waals surface area contributed by atoms with Crippen molar-refractivity contribution in [2.24, 2.45) is 0 Å². The zero-order valence-corrected chi connectivity index (χ0v) is 17.2. The first-order valence-electron chi connectivity index (χ1n) is 10.4. The smallest absolute Gasteiger partial charge is 0.223 e. The van der Waals surface area contributed by atoms with Gasteiger partial charge in [-0.05, 0) is 48.2 Å². The lowest BCUT2D eigenvalue weighted by atomic mass is 10.2. The predicted molar refractivity (Wildman–Crippen MR) is 113 cm³/mol. The molecule has 1 amide bonds. The quantitative estimate of drug-likeness (QED) is 0.656. The fraction of sp³-hybridized carbons (Fsp3) is 0.478. The fourth-order valence-electron chi connectivity index (χ4n) is 3.49. The van der Waals surface area contributed by atoms with E-state index in [1.807, 2.05) is 35.2 Å². The Balaban J connectivity index is 1.44. The first-order valence-corrected chi connectivity index (χ1v) is 10.4. The van der Waals surface area contributed by atoms with Crippen molar-refractivity contribution in [1.82, 2.24) is 15.2 Å². The minimum atomic E-state index is 0.261. The van der Waals surface area contributed by atoms with E-state index in [0.29, 0.717) is 37.6 Å². The second-order valence-electron chi connectivity index (χ2n) is 7.35. The van der Waals surface area contributed by atoms with E-state index in [9.17, 15) is 4.79 Å². The number of pyridine rings is 1. The van der Waals surface area contributed by atoms with Crippen LogP contribution in [0.5, 0.6) is 11.5 Å². The molecular weight excluding hydrogens is 366 g/mol. The highest BCUT2D eigenvalue weighted by molar-refractivity contribution is 5.76. The van der Waals surface area contributed by atoms with Crippen LogP contribution in [0.4, 0.5) is 0 Å². The van der Waals surface area contributed by atoms with Crippen molar-refractivity contribution in [3.05, 3.63) is 53.9 Å². The molecule has 1 aromatic heterocycles. The number of hydrogen-bond acceptors (Lipinski definition) is 5. The number of rotatable bonds is 9. The van der Waals surface area contributed by atoms with Crippen LogP contribution in [0, 0.1) is 0 Å². The van der Waals surface area contributed by atoms with Crippen molar-refractivity contribution in [2.75, 3.05) is 26.7 Å². The lowest BCUT2D eigenvalue weighted by Gasteiger charge is -2.20. The zero-order chi connectivity index (χ0) is 20.3. The molecule has 1 fully saturated rings. The predicted octanol–water partition coefficient (Wildman–Crippen LogP) is 3.55. The second-order valence-corrected chi connectivity index (χ2v) is 7.35. The van der Waals surface area contributed by atoms with Gasteiger partial charge in [0.1, 0.15) is 6.61 Å². The normalized spacial score (nSPS) is 14.3. The minimum absolute atomic E-state index is 0.261. The van der Waals surface area contributed by atoms with Gasteiger partial charge in [-0.15, -0.1) is 0 Å². The first kappa shape index (κ1) is 21.1. The molecule has 1 N–H and O–H groups in total. The van der Waals surface area contributed by atoms with Gasteiger partial charge in [-0.25, -0.2) is 0 Å². The zero-order valence-electron chi connectivity index (χ0n) is 17.2. The highest BCUT2D eigenvalue weighted by Gasteiger charge is 2.14. The summed E-state index contributed by atoms with van der Waals surface area (Å²) in [6.45, 7) is 3.66. The average Bonchev–Trinajstić information content (AvgIpc) is 3.06. The minimum Gasteiger partial charge on any atom is -0.493 e. The average molecular weight is 398 g/mol. The number of likely N-dealkylation sites (tertiary alicyclic amines) is 1. The molecule has 2 aromatic rings.